The fraction of sp³-hybridized carbons (Fsp3) is 0. The van der Waals surface area contributed by atoms with Gasteiger partial charge in [0.1, 0.15) is 0 Å². The van der Waals surface area contributed by atoms with E-state index in [1.807, 2.05) is 0 Å². The van der Waals surface area contributed by atoms with Gasteiger partial charge in [-0.25, -0.2) is 15.0 Å². The van der Waals surface area contributed by atoms with Crippen molar-refractivity contribution in [3.8, 4) is 95.5 Å². The molecule has 0 N–H and O–H groups in total. The summed E-state index contributed by atoms with van der Waals surface area (Å²) in [4.78, 5) is 15.9. The molecule has 0 saturated carbocycles. The van der Waals surface area contributed by atoms with Crippen LogP contribution in [0.15, 0.2) is 255 Å². The van der Waals surface area contributed by atoms with Gasteiger partial charge in [-0.2, -0.15) is 0 Å². The van der Waals surface area contributed by atoms with E-state index in [4.69, 9.17) is 15.0 Å². The normalized spacial score (nSPS) is 11.3. The second-order valence-electron chi connectivity index (χ2n) is 16.8. The molecule has 4 heteroatoms. The van der Waals surface area contributed by atoms with Crippen molar-refractivity contribution in [3.63, 3.8) is 0 Å². The average molecular weight is 855 g/mol. The maximum Gasteiger partial charge on any atom is 0.164 e. The van der Waals surface area contributed by atoms with Crippen LogP contribution < -0.4 is 0 Å². The summed E-state index contributed by atoms with van der Waals surface area (Å²) in [5.41, 5.74) is 17.5. The lowest BCUT2D eigenvalue weighted by Crippen LogP contribution is -2.02. The zero-order valence-corrected chi connectivity index (χ0v) is 36.5. The molecule has 0 fully saturated rings. The minimum atomic E-state index is 0.602. The van der Waals surface area contributed by atoms with Crippen LogP contribution in [0.4, 0.5) is 0 Å². The van der Waals surface area contributed by atoms with E-state index in [1.165, 1.54) is 38.6 Å². The summed E-state index contributed by atoms with van der Waals surface area (Å²) in [6, 6.07) is 90.0. The molecule has 0 spiro atoms. The number of aromatic nitrogens is 4. The lowest BCUT2D eigenvalue weighted by molar-refractivity contribution is 1.07. The first kappa shape index (κ1) is 39.6. The summed E-state index contributed by atoms with van der Waals surface area (Å²) in [5.74, 6) is 1.82. The van der Waals surface area contributed by atoms with Crippen molar-refractivity contribution in [2.75, 3.05) is 0 Å². The van der Waals surface area contributed by atoms with Crippen LogP contribution in [0.25, 0.3) is 117 Å². The maximum absolute atomic E-state index is 5.31. The fourth-order valence-corrected chi connectivity index (χ4v) is 9.37. The molecule has 314 valence electrons. The third-order valence-corrected chi connectivity index (χ3v) is 12.7. The minimum Gasteiger partial charge on any atom is -0.309 e. The quantitative estimate of drug-likeness (QED) is 0.145. The van der Waals surface area contributed by atoms with Gasteiger partial charge in [0.05, 0.1) is 11.0 Å². The third-order valence-electron chi connectivity index (χ3n) is 12.7. The number of hydrogen-bond donors (Lipinski definition) is 0. The summed E-state index contributed by atoms with van der Waals surface area (Å²) >= 11 is 0. The highest BCUT2D eigenvalue weighted by Crippen LogP contribution is 2.37. The Balaban J connectivity index is 0.964. The predicted octanol–water partition coefficient (Wildman–Crippen LogP) is 16.3. The highest BCUT2D eigenvalue weighted by molar-refractivity contribution is 6.09. The standard InChI is InChI=1S/C63H42N4/c1-3-17-43(18-4-1)47-21-13-24-50(39-47)51-25-14-22-48(40-51)45-35-37-46(38-36-45)61-64-62(53-27-16-28-54(42-53)67-59-33-11-9-30-56(59)57-31-10-12-34-60(57)67)66-63(65-61)58-32-8-7-29-55(58)52-26-15-23-49(41-52)44-19-5-2-6-20-44/h1-42H. The Morgan fingerprint density at radius 2 is 0.597 bits per heavy atom. The first-order valence-electron chi connectivity index (χ1n) is 22.7. The van der Waals surface area contributed by atoms with Crippen molar-refractivity contribution in [1.82, 2.24) is 19.5 Å². The molecule has 67 heavy (non-hydrogen) atoms. The van der Waals surface area contributed by atoms with Gasteiger partial charge >= 0.3 is 0 Å². The Morgan fingerprint density at radius 3 is 1.18 bits per heavy atom. The van der Waals surface area contributed by atoms with Gasteiger partial charge in [0, 0.05) is 33.2 Å². The van der Waals surface area contributed by atoms with E-state index in [2.05, 4.69) is 259 Å². The monoisotopic (exact) mass is 854 g/mol. The predicted molar refractivity (Wildman–Crippen MR) is 278 cm³/mol. The largest absolute Gasteiger partial charge is 0.309 e. The fourth-order valence-electron chi connectivity index (χ4n) is 9.37. The highest BCUT2D eigenvalue weighted by atomic mass is 15.0. The van der Waals surface area contributed by atoms with Gasteiger partial charge in [0.25, 0.3) is 0 Å². The average Bonchev–Trinajstić information content (AvgIpc) is 3.76. The van der Waals surface area contributed by atoms with Crippen LogP contribution in [0.3, 0.4) is 0 Å². The SMILES string of the molecule is c1ccc(-c2cccc(-c3cccc(-c4ccc(-c5nc(-c6cccc(-n7c8ccccc8c8ccccc87)c6)nc(-c6ccccc6-c6cccc(-c7ccccc7)c6)n5)cc4)c3)c2)cc1. The second-order valence-corrected chi connectivity index (χ2v) is 16.8. The first-order valence-corrected chi connectivity index (χ1v) is 22.7. The van der Waals surface area contributed by atoms with Crippen LogP contribution in [-0.2, 0) is 0 Å². The molecule has 0 unspecified atom stereocenters. The van der Waals surface area contributed by atoms with Gasteiger partial charge < -0.3 is 4.57 Å². The topological polar surface area (TPSA) is 43.6 Å². The summed E-state index contributed by atoms with van der Waals surface area (Å²) in [5, 5.41) is 2.43. The molecule has 12 aromatic rings. The zero-order chi connectivity index (χ0) is 44.5. The first-order chi connectivity index (χ1) is 33.2. The van der Waals surface area contributed by atoms with Crippen molar-refractivity contribution in [2.24, 2.45) is 0 Å². The molecule has 0 saturated heterocycles. The number of nitrogens with zero attached hydrogens (tertiary/aromatic N) is 4. The molecular formula is C63H42N4. The molecular weight excluding hydrogens is 813 g/mol. The summed E-state index contributed by atoms with van der Waals surface area (Å²) in [7, 11) is 0. The van der Waals surface area contributed by atoms with Gasteiger partial charge in [-0.1, -0.05) is 212 Å². The number of rotatable bonds is 9. The number of benzene rings is 10. The Kier molecular flexibility index (Phi) is 10.2. The van der Waals surface area contributed by atoms with E-state index in [9.17, 15) is 0 Å². The van der Waals surface area contributed by atoms with E-state index < -0.39 is 0 Å². The Morgan fingerprint density at radius 1 is 0.224 bits per heavy atom. The van der Waals surface area contributed by atoms with Crippen LogP contribution in [0.1, 0.15) is 0 Å². The van der Waals surface area contributed by atoms with Crippen molar-refractivity contribution in [1.29, 1.82) is 0 Å². The maximum atomic E-state index is 5.31. The highest BCUT2D eigenvalue weighted by Gasteiger charge is 2.18. The molecule has 2 heterocycles. The molecule has 0 aliphatic rings. The molecule has 0 radical (unpaired) electrons. The number of para-hydroxylation sites is 2. The van der Waals surface area contributed by atoms with Crippen molar-refractivity contribution >= 4 is 21.8 Å². The van der Waals surface area contributed by atoms with E-state index in [0.717, 1.165) is 61.2 Å². The molecule has 0 atom stereocenters. The van der Waals surface area contributed by atoms with Crippen LogP contribution in [0, 0.1) is 0 Å². The van der Waals surface area contributed by atoms with Crippen LogP contribution in [-0.4, -0.2) is 19.5 Å². The Hall–Kier alpha value is -8.99. The Bertz CT molecular complexity index is 3690. The van der Waals surface area contributed by atoms with E-state index >= 15 is 0 Å². The van der Waals surface area contributed by atoms with E-state index in [-0.39, 0.29) is 0 Å². The van der Waals surface area contributed by atoms with Gasteiger partial charge in [-0.15, -0.1) is 0 Å². The van der Waals surface area contributed by atoms with Crippen LogP contribution >= 0.6 is 0 Å². The summed E-state index contributed by atoms with van der Waals surface area (Å²) in [6.07, 6.45) is 0. The van der Waals surface area contributed by atoms with Crippen molar-refractivity contribution in [2.45, 2.75) is 0 Å². The van der Waals surface area contributed by atoms with Crippen molar-refractivity contribution < 1.29 is 0 Å². The van der Waals surface area contributed by atoms with Gasteiger partial charge in [0.2, 0.25) is 0 Å². The molecule has 0 bridgehead atoms. The van der Waals surface area contributed by atoms with Gasteiger partial charge in [0.15, 0.2) is 17.5 Å². The molecule has 10 aromatic carbocycles. The smallest absolute Gasteiger partial charge is 0.164 e. The van der Waals surface area contributed by atoms with E-state index in [1.54, 1.807) is 0 Å². The van der Waals surface area contributed by atoms with E-state index in [0.29, 0.717) is 17.5 Å². The van der Waals surface area contributed by atoms with Gasteiger partial charge in [-0.3, -0.25) is 0 Å². The molecule has 0 amide bonds. The lowest BCUT2D eigenvalue weighted by Gasteiger charge is -2.14. The van der Waals surface area contributed by atoms with Crippen LogP contribution in [0.5, 0.6) is 0 Å². The molecule has 12 rings (SSSR count). The van der Waals surface area contributed by atoms with Gasteiger partial charge in [-0.05, 0) is 98.1 Å². The summed E-state index contributed by atoms with van der Waals surface area (Å²) < 4.78 is 2.33. The van der Waals surface area contributed by atoms with Crippen molar-refractivity contribution in [3.05, 3.63) is 255 Å². The number of hydrogen-bond acceptors (Lipinski definition) is 3. The Labute approximate surface area is 389 Å². The van der Waals surface area contributed by atoms with Crippen LogP contribution in [0.2, 0.25) is 0 Å². The lowest BCUT2D eigenvalue weighted by atomic mass is 9.95. The third kappa shape index (κ3) is 7.67. The summed E-state index contributed by atoms with van der Waals surface area (Å²) in [6.45, 7) is 0. The molecule has 0 aliphatic heterocycles. The number of fused-ring (bicyclic) bond motifs is 3. The molecule has 2 aromatic heterocycles. The minimum absolute atomic E-state index is 0.602. The second kappa shape index (κ2) is 17.2. The molecule has 4 nitrogen and oxygen atoms in total. The molecule has 0 aliphatic carbocycles. The zero-order valence-electron chi connectivity index (χ0n) is 36.5.